The summed E-state index contributed by atoms with van der Waals surface area (Å²) < 4.78 is 27.7. The van der Waals surface area contributed by atoms with Crippen LogP contribution in [0.15, 0.2) is 23.1 Å². The van der Waals surface area contributed by atoms with Crippen LogP contribution >= 0.6 is 0 Å². The Labute approximate surface area is 162 Å². The van der Waals surface area contributed by atoms with Crippen LogP contribution in [0.5, 0.6) is 0 Å². The molecule has 148 valence electrons. The molecule has 1 aromatic rings. The minimum atomic E-state index is -3.55. The molecule has 1 saturated heterocycles. The number of hydrogen-bond acceptors (Lipinski definition) is 4. The minimum Gasteiger partial charge on any atom is -0.352 e. The molecule has 1 aromatic carbocycles. The highest BCUT2D eigenvalue weighted by Gasteiger charge is 2.30. The molecule has 0 spiro atoms. The molecule has 2 aliphatic heterocycles. The predicted octanol–water partition coefficient (Wildman–Crippen LogP) is 1.86. The Morgan fingerprint density at radius 3 is 2.52 bits per heavy atom. The number of piperazine rings is 1. The van der Waals surface area contributed by atoms with E-state index in [9.17, 15) is 13.2 Å². The Morgan fingerprint density at radius 1 is 1.04 bits per heavy atom. The molecule has 0 radical (unpaired) electrons. The van der Waals surface area contributed by atoms with Crippen molar-refractivity contribution in [3.8, 4) is 0 Å². The van der Waals surface area contributed by atoms with Crippen molar-refractivity contribution in [3.63, 3.8) is 0 Å². The van der Waals surface area contributed by atoms with Gasteiger partial charge in [-0.2, -0.15) is 4.31 Å². The fraction of sp³-hybridized carbons (Fsp3) is 0.650. The van der Waals surface area contributed by atoms with Crippen LogP contribution in [-0.4, -0.2) is 62.8 Å². The van der Waals surface area contributed by atoms with Crippen molar-refractivity contribution in [1.82, 2.24) is 14.5 Å². The quantitative estimate of drug-likeness (QED) is 0.851. The van der Waals surface area contributed by atoms with Crippen molar-refractivity contribution in [2.75, 3.05) is 39.3 Å². The molecule has 0 unspecified atom stereocenters. The third-order valence-corrected chi connectivity index (χ3v) is 8.11. The lowest BCUT2D eigenvalue weighted by atomic mass is 9.89. The molecule has 1 N–H and O–H groups in total. The zero-order chi connectivity index (χ0) is 18.9. The monoisotopic (exact) mass is 391 g/mol. The summed E-state index contributed by atoms with van der Waals surface area (Å²) in [7, 11) is -3.55. The standard InChI is InChI=1S/C20H29N3O3S/c24-20-19-14-18(7-6-17(19)8-9-21-20)27(25,26)23-12-10-22(11-13-23)15-16-4-2-1-3-5-16/h6-7,14,16H,1-5,8-13,15H2,(H,21,24). The fourth-order valence-electron chi connectivity index (χ4n) is 4.59. The highest BCUT2D eigenvalue weighted by Crippen LogP contribution is 2.26. The van der Waals surface area contributed by atoms with Gasteiger partial charge in [0.05, 0.1) is 4.90 Å². The van der Waals surface area contributed by atoms with E-state index in [4.69, 9.17) is 0 Å². The third-order valence-electron chi connectivity index (χ3n) is 6.22. The van der Waals surface area contributed by atoms with E-state index in [0.717, 1.165) is 37.5 Å². The van der Waals surface area contributed by atoms with E-state index in [1.807, 2.05) is 0 Å². The smallest absolute Gasteiger partial charge is 0.251 e. The average Bonchev–Trinajstić information content (AvgIpc) is 2.69. The number of carbonyl (C=O) groups excluding carboxylic acids is 1. The molecule has 0 bridgehead atoms. The van der Waals surface area contributed by atoms with Crippen LogP contribution < -0.4 is 5.32 Å². The van der Waals surface area contributed by atoms with Crippen LogP contribution in [0.2, 0.25) is 0 Å². The SMILES string of the molecule is O=C1NCCc2ccc(S(=O)(=O)N3CCN(CC4CCCCC4)CC3)cc21. The molecule has 2 fully saturated rings. The molecule has 6 nitrogen and oxygen atoms in total. The Kier molecular flexibility index (Phi) is 5.53. The maximum atomic E-state index is 13.1. The van der Waals surface area contributed by atoms with E-state index in [2.05, 4.69) is 10.2 Å². The Bertz CT molecular complexity index is 795. The molecule has 3 aliphatic rings. The van der Waals surface area contributed by atoms with Gasteiger partial charge in [0, 0.05) is 44.8 Å². The van der Waals surface area contributed by atoms with Crippen molar-refractivity contribution in [2.45, 2.75) is 43.4 Å². The van der Waals surface area contributed by atoms with Gasteiger partial charge in [0.25, 0.3) is 5.91 Å². The lowest BCUT2D eigenvalue weighted by Gasteiger charge is -2.36. The number of nitrogens with one attached hydrogen (secondary N) is 1. The summed E-state index contributed by atoms with van der Waals surface area (Å²) in [4.78, 5) is 14.7. The van der Waals surface area contributed by atoms with Crippen LogP contribution in [0.1, 0.15) is 48.0 Å². The van der Waals surface area contributed by atoms with Gasteiger partial charge >= 0.3 is 0 Å². The van der Waals surface area contributed by atoms with Crippen LogP contribution in [0.4, 0.5) is 0 Å². The largest absolute Gasteiger partial charge is 0.352 e. The van der Waals surface area contributed by atoms with Crippen molar-refractivity contribution in [3.05, 3.63) is 29.3 Å². The average molecular weight is 392 g/mol. The van der Waals surface area contributed by atoms with E-state index in [1.165, 1.54) is 32.1 Å². The van der Waals surface area contributed by atoms with Gasteiger partial charge in [-0.25, -0.2) is 8.42 Å². The molecule has 0 aromatic heterocycles. The highest BCUT2D eigenvalue weighted by atomic mass is 32.2. The number of nitrogens with zero attached hydrogens (tertiary/aromatic N) is 2. The van der Waals surface area contributed by atoms with Crippen LogP contribution in [0, 0.1) is 5.92 Å². The summed E-state index contributed by atoms with van der Waals surface area (Å²) in [5, 5.41) is 2.79. The van der Waals surface area contributed by atoms with Crippen LogP contribution in [-0.2, 0) is 16.4 Å². The molecule has 0 atom stereocenters. The van der Waals surface area contributed by atoms with Gasteiger partial charge in [-0.05, 0) is 42.9 Å². The number of hydrogen-bond donors (Lipinski definition) is 1. The third kappa shape index (κ3) is 4.05. The molecular weight excluding hydrogens is 362 g/mol. The van der Waals surface area contributed by atoms with Gasteiger partial charge in [-0.3, -0.25) is 4.79 Å². The van der Waals surface area contributed by atoms with Gasteiger partial charge in [-0.15, -0.1) is 0 Å². The number of carbonyl (C=O) groups is 1. The zero-order valence-electron chi connectivity index (χ0n) is 15.8. The number of amides is 1. The second-order valence-electron chi connectivity index (χ2n) is 8.03. The second-order valence-corrected chi connectivity index (χ2v) is 9.97. The van der Waals surface area contributed by atoms with Crippen LogP contribution in [0.3, 0.4) is 0 Å². The lowest BCUT2D eigenvalue weighted by molar-refractivity contribution is 0.0945. The number of benzene rings is 1. The summed E-state index contributed by atoms with van der Waals surface area (Å²) in [6.07, 6.45) is 7.42. The molecule has 1 amide bonds. The Hall–Kier alpha value is -1.44. The van der Waals surface area contributed by atoms with E-state index in [0.29, 0.717) is 25.2 Å². The van der Waals surface area contributed by atoms with E-state index in [1.54, 1.807) is 22.5 Å². The van der Waals surface area contributed by atoms with Gasteiger partial charge in [0.2, 0.25) is 10.0 Å². The highest BCUT2D eigenvalue weighted by molar-refractivity contribution is 7.89. The normalized spacial score (nSPS) is 23.0. The molecule has 27 heavy (non-hydrogen) atoms. The topological polar surface area (TPSA) is 69.7 Å². The number of rotatable bonds is 4. The fourth-order valence-corrected chi connectivity index (χ4v) is 6.04. The molecule has 4 rings (SSSR count). The van der Waals surface area contributed by atoms with Gasteiger partial charge in [0.1, 0.15) is 0 Å². The first kappa shape index (κ1) is 18.9. The second kappa shape index (κ2) is 7.89. The number of sulfonamides is 1. The van der Waals surface area contributed by atoms with Gasteiger partial charge in [0.15, 0.2) is 0 Å². The molecule has 2 heterocycles. The first-order valence-electron chi connectivity index (χ1n) is 10.2. The van der Waals surface area contributed by atoms with Gasteiger partial charge in [-0.1, -0.05) is 25.3 Å². The maximum absolute atomic E-state index is 13.1. The number of fused-ring (bicyclic) bond motifs is 1. The molecule has 1 saturated carbocycles. The van der Waals surface area contributed by atoms with E-state index in [-0.39, 0.29) is 10.8 Å². The first-order chi connectivity index (χ1) is 13.0. The van der Waals surface area contributed by atoms with Crippen LogP contribution in [0.25, 0.3) is 0 Å². The van der Waals surface area contributed by atoms with Crippen molar-refractivity contribution in [2.24, 2.45) is 5.92 Å². The molecular formula is C20H29N3O3S. The zero-order valence-corrected chi connectivity index (χ0v) is 16.6. The summed E-state index contributed by atoms with van der Waals surface area (Å²) in [6, 6.07) is 5.00. The first-order valence-corrected chi connectivity index (χ1v) is 11.6. The van der Waals surface area contributed by atoms with Gasteiger partial charge < -0.3 is 10.2 Å². The summed E-state index contributed by atoms with van der Waals surface area (Å²) in [5.41, 5.74) is 1.42. The summed E-state index contributed by atoms with van der Waals surface area (Å²) in [5.74, 6) is 0.603. The van der Waals surface area contributed by atoms with Crippen molar-refractivity contribution in [1.29, 1.82) is 0 Å². The Balaban J connectivity index is 1.41. The lowest BCUT2D eigenvalue weighted by Crippen LogP contribution is -2.49. The predicted molar refractivity (Wildman–Crippen MR) is 104 cm³/mol. The molecule has 7 heteroatoms. The van der Waals surface area contributed by atoms with E-state index < -0.39 is 10.0 Å². The minimum absolute atomic E-state index is 0.175. The maximum Gasteiger partial charge on any atom is 0.251 e. The Morgan fingerprint density at radius 2 is 1.78 bits per heavy atom. The van der Waals surface area contributed by atoms with Crippen molar-refractivity contribution >= 4 is 15.9 Å². The van der Waals surface area contributed by atoms with Crippen molar-refractivity contribution < 1.29 is 13.2 Å². The summed E-state index contributed by atoms with van der Waals surface area (Å²) >= 11 is 0. The summed E-state index contributed by atoms with van der Waals surface area (Å²) in [6.45, 7) is 4.35. The molecule has 1 aliphatic carbocycles. The van der Waals surface area contributed by atoms with E-state index >= 15 is 0 Å².